The van der Waals surface area contributed by atoms with E-state index in [2.05, 4.69) is 6.07 Å². The topological polar surface area (TPSA) is 26.0 Å². The van der Waals surface area contributed by atoms with Crippen LogP contribution >= 0.6 is 23.4 Å². The van der Waals surface area contributed by atoms with E-state index < -0.39 is 0 Å². The Kier molecular flexibility index (Phi) is 2.82. The highest BCUT2D eigenvalue weighted by molar-refractivity contribution is 7.99. The molecule has 13 heavy (non-hydrogen) atoms. The van der Waals surface area contributed by atoms with Crippen LogP contribution in [-0.4, -0.2) is 12.3 Å². The fourth-order valence-electron chi connectivity index (χ4n) is 1.70. The van der Waals surface area contributed by atoms with Crippen LogP contribution in [0.1, 0.15) is 17.9 Å². The van der Waals surface area contributed by atoms with Crippen molar-refractivity contribution in [2.75, 3.05) is 12.3 Å². The van der Waals surface area contributed by atoms with Crippen LogP contribution in [0.25, 0.3) is 0 Å². The maximum atomic E-state index is 6.10. The summed E-state index contributed by atoms with van der Waals surface area (Å²) in [5.41, 5.74) is 7.05. The van der Waals surface area contributed by atoms with Gasteiger partial charge in [-0.3, -0.25) is 0 Å². The quantitative estimate of drug-likeness (QED) is 0.777. The highest BCUT2D eigenvalue weighted by Crippen LogP contribution is 2.40. The summed E-state index contributed by atoms with van der Waals surface area (Å²) in [6.07, 6.45) is 1.18. The molecule has 0 amide bonds. The SMILES string of the molecule is NCC1CCSc2c(Cl)cccc21. The first kappa shape index (κ1) is 9.38. The molecule has 1 atom stereocenters. The van der Waals surface area contributed by atoms with Gasteiger partial charge in [-0.05, 0) is 36.3 Å². The summed E-state index contributed by atoms with van der Waals surface area (Å²) in [7, 11) is 0. The second-order valence-electron chi connectivity index (χ2n) is 3.23. The van der Waals surface area contributed by atoms with Crippen molar-refractivity contribution in [2.45, 2.75) is 17.2 Å². The zero-order chi connectivity index (χ0) is 9.26. The second kappa shape index (κ2) is 3.91. The van der Waals surface area contributed by atoms with Crippen LogP contribution in [0.2, 0.25) is 5.02 Å². The maximum Gasteiger partial charge on any atom is 0.0544 e. The first-order chi connectivity index (χ1) is 6.33. The molecule has 1 aromatic carbocycles. The third-order valence-corrected chi connectivity index (χ3v) is 4.05. The molecule has 0 spiro atoms. The average molecular weight is 214 g/mol. The van der Waals surface area contributed by atoms with Gasteiger partial charge in [0.25, 0.3) is 0 Å². The lowest BCUT2D eigenvalue weighted by molar-refractivity contribution is 0.658. The Hall–Kier alpha value is -0.180. The number of halogens is 1. The molecule has 2 rings (SSSR count). The van der Waals surface area contributed by atoms with Crippen molar-refractivity contribution in [1.82, 2.24) is 0 Å². The molecule has 0 aliphatic carbocycles. The van der Waals surface area contributed by atoms with E-state index in [9.17, 15) is 0 Å². The van der Waals surface area contributed by atoms with Crippen molar-refractivity contribution < 1.29 is 0 Å². The number of nitrogens with two attached hydrogens (primary N) is 1. The first-order valence-electron chi connectivity index (χ1n) is 4.44. The Balaban J connectivity index is 2.45. The Labute approximate surface area is 87.7 Å². The maximum absolute atomic E-state index is 6.10. The summed E-state index contributed by atoms with van der Waals surface area (Å²) in [5, 5.41) is 0.876. The predicted octanol–water partition coefficient (Wildman–Crippen LogP) is 2.88. The monoisotopic (exact) mass is 213 g/mol. The largest absolute Gasteiger partial charge is 0.330 e. The van der Waals surface area contributed by atoms with E-state index in [1.54, 1.807) is 0 Å². The molecule has 0 aromatic heterocycles. The van der Waals surface area contributed by atoms with Crippen molar-refractivity contribution in [3.63, 3.8) is 0 Å². The van der Waals surface area contributed by atoms with E-state index in [1.165, 1.54) is 16.9 Å². The van der Waals surface area contributed by atoms with Gasteiger partial charge in [-0.1, -0.05) is 23.7 Å². The highest BCUT2D eigenvalue weighted by Gasteiger charge is 2.20. The molecule has 1 aliphatic heterocycles. The summed E-state index contributed by atoms with van der Waals surface area (Å²) in [5.74, 6) is 1.65. The van der Waals surface area contributed by atoms with E-state index in [-0.39, 0.29) is 0 Å². The van der Waals surface area contributed by atoms with Crippen LogP contribution in [0.4, 0.5) is 0 Å². The van der Waals surface area contributed by atoms with Crippen LogP contribution in [0, 0.1) is 0 Å². The van der Waals surface area contributed by atoms with Gasteiger partial charge < -0.3 is 5.73 Å². The molecular weight excluding hydrogens is 202 g/mol. The average Bonchev–Trinajstić information content (AvgIpc) is 2.18. The summed E-state index contributed by atoms with van der Waals surface area (Å²) in [6, 6.07) is 6.10. The standard InChI is InChI=1S/C10H12ClNS/c11-9-3-1-2-8-7(6-12)4-5-13-10(8)9/h1-3,7H,4-6,12H2. The Morgan fingerprint density at radius 1 is 1.54 bits per heavy atom. The summed E-state index contributed by atoms with van der Waals surface area (Å²) < 4.78 is 0. The van der Waals surface area contributed by atoms with E-state index in [4.69, 9.17) is 17.3 Å². The molecular formula is C10H12ClNS. The molecule has 1 unspecified atom stereocenters. The van der Waals surface area contributed by atoms with Gasteiger partial charge in [0, 0.05) is 4.90 Å². The minimum Gasteiger partial charge on any atom is -0.330 e. The zero-order valence-corrected chi connectivity index (χ0v) is 8.87. The lowest BCUT2D eigenvalue weighted by Crippen LogP contribution is -2.17. The summed E-state index contributed by atoms with van der Waals surface area (Å²) in [4.78, 5) is 1.24. The molecule has 0 saturated heterocycles. The summed E-state index contributed by atoms with van der Waals surface area (Å²) in [6.45, 7) is 0.730. The summed E-state index contributed by atoms with van der Waals surface area (Å²) >= 11 is 7.95. The third kappa shape index (κ3) is 1.71. The highest BCUT2D eigenvalue weighted by atomic mass is 35.5. The van der Waals surface area contributed by atoms with E-state index in [0.29, 0.717) is 5.92 Å². The van der Waals surface area contributed by atoms with Crippen molar-refractivity contribution in [3.05, 3.63) is 28.8 Å². The molecule has 70 valence electrons. The lowest BCUT2D eigenvalue weighted by atomic mass is 9.96. The molecule has 0 saturated carbocycles. The number of hydrogen-bond donors (Lipinski definition) is 1. The fourth-order valence-corrected chi connectivity index (χ4v) is 3.26. The minimum atomic E-state index is 0.509. The molecule has 1 nitrogen and oxygen atoms in total. The Morgan fingerprint density at radius 3 is 3.15 bits per heavy atom. The number of hydrogen-bond acceptors (Lipinski definition) is 2. The van der Waals surface area contributed by atoms with Gasteiger partial charge in [-0.25, -0.2) is 0 Å². The number of fused-ring (bicyclic) bond motifs is 1. The Morgan fingerprint density at radius 2 is 2.38 bits per heavy atom. The number of benzene rings is 1. The van der Waals surface area contributed by atoms with Crippen LogP contribution < -0.4 is 5.73 Å². The van der Waals surface area contributed by atoms with Gasteiger partial charge in [-0.2, -0.15) is 0 Å². The van der Waals surface area contributed by atoms with E-state index in [0.717, 1.165) is 17.3 Å². The van der Waals surface area contributed by atoms with Crippen LogP contribution in [0.15, 0.2) is 23.1 Å². The van der Waals surface area contributed by atoms with Crippen LogP contribution in [0.3, 0.4) is 0 Å². The lowest BCUT2D eigenvalue weighted by Gasteiger charge is -2.24. The van der Waals surface area contributed by atoms with E-state index >= 15 is 0 Å². The second-order valence-corrected chi connectivity index (χ2v) is 4.74. The molecule has 0 radical (unpaired) electrons. The fraction of sp³-hybridized carbons (Fsp3) is 0.400. The van der Waals surface area contributed by atoms with E-state index in [1.807, 2.05) is 23.9 Å². The number of rotatable bonds is 1. The third-order valence-electron chi connectivity index (χ3n) is 2.43. The Bertz CT molecular complexity index is 314. The zero-order valence-electron chi connectivity index (χ0n) is 7.29. The van der Waals surface area contributed by atoms with Gasteiger partial charge in [-0.15, -0.1) is 11.8 Å². The molecule has 0 bridgehead atoms. The minimum absolute atomic E-state index is 0.509. The van der Waals surface area contributed by atoms with Gasteiger partial charge in [0.1, 0.15) is 0 Å². The predicted molar refractivity (Wildman–Crippen MR) is 58.6 cm³/mol. The van der Waals surface area contributed by atoms with Crippen molar-refractivity contribution in [1.29, 1.82) is 0 Å². The van der Waals surface area contributed by atoms with Gasteiger partial charge >= 0.3 is 0 Å². The molecule has 0 fully saturated rings. The van der Waals surface area contributed by atoms with Crippen molar-refractivity contribution in [3.8, 4) is 0 Å². The van der Waals surface area contributed by atoms with Crippen molar-refractivity contribution in [2.24, 2.45) is 5.73 Å². The molecule has 1 heterocycles. The molecule has 3 heteroatoms. The van der Waals surface area contributed by atoms with Gasteiger partial charge in [0.2, 0.25) is 0 Å². The number of thioether (sulfide) groups is 1. The first-order valence-corrected chi connectivity index (χ1v) is 5.80. The molecule has 1 aromatic rings. The molecule has 1 aliphatic rings. The smallest absolute Gasteiger partial charge is 0.0544 e. The van der Waals surface area contributed by atoms with Crippen LogP contribution in [0.5, 0.6) is 0 Å². The van der Waals surface area contributed by atoms with Crippen molar-refractivity contribution >= 4 is 23.4 Å². The van der Waals surface area contributed by atoms with Gasteiger partial charge in [0.05, 0.1) is 5.02 Å². The van der Waals surface area contributed by atoms with Crippen LogP contribution in [-0.2, 0) is 0 Å². The van der Waals surface area contributed by atoms with Gasteiger partial charge in [0.15, 0.2) is 0 Å². The molecule has 2 N–H and O–H groups in total. The normalized spacial score (nSPS) is 21.2.